The van der Waals surface area contributed by atoms with Gasteiger partial charge in [0.2, 0.25) is 11.1 Å². The topological polar surface area (TPSA) is 101 Å². The van der Waals surface area contributed by atoms with Crippen LogP contribution in [0.1, 0.15) is 55.8 Å². The highest BCUT2D eigenvalue weighted by molar-refractivity contribution is 7.99. The van der Waals surface area contributed by atoms with E-state index in [0.717, 1.165) is 54.1 Å². The highest BCUT2D eigenvalue weighted by Gasteiger charge is 2.34. The number of benzene rings is 2. The molecule has 1 fully saturated rings. The molecule has 210 valence electrons. The molecular formula is C30H36N6O3S. The third-order valence-electron chi connectivity index (χ3n) is 7.47. The minimum absolute atomic E-state index is 0.0132. The van der Waals surface area contributed by atoms with E-state index >= 15 is 0 Å². The molecule has 1 saturated heterocycles. The fourth-order valence-electron chi connectivity index (χ4n) is 5.13. The van der Waals surface area contributed by atoms with Crippen LogP contribution in [0.15, 0.2) is 58.9 Å². The molecule has 2 aliphatic rings. The van der Waals surface area contributed by atoms with Crippen LogP contribution in [0.2, 0.25) is 0 Å². The minimum atomic E-state index is -0.496. The molecular weight excluding hydrogens is 524 g/mol. The van der Waals surface area contributed by atoms with Crippen molar-refractivity contribution < 1.29 is 14.3 Å². The van der Waals surface area contributed by atoms with Crippen LogP contribution in [0.4, 0.5) is 11.6 Å². The molecule has 0 spiro atoms. The first-order valence-corrected chi connectivity index (χ1v) is 14.8. The molecule has 3 heterocycles. The molecule has 5 rings (SSSR count). The van der Waals surface area contributed by atoms with E-state index in [-0.39, 0.29) is 18.4 Å². The van der Waals surface area contributed by atoms with Gasteiger partial charge < -0.3 is 20.3 Å². The van der Waals surface area contributed by atoms with Crippen LogP contribution >= 0.6 is 11.8 Å². The average Bonchev–Trinajstić information content (AvgIpc) is 3.36. The van der Waals surface area contributed by atoms with Gasteiger partial charge in [-0.2, -0.15) is 4.98 Å². The van der Waals surface area contributed by atoms with Crippen LogP contribution in [-0.4, -0.2) is 56.9 Å². The number of piperidine rings is 1. The zero-order valence-electron chi connectivity index (χ0n) is 23.5. The predicted octanol–water partition coefficient (Wildman–Crippen LogP) is 5.33. The Morgan fingerprint density at radius 1 is 1.07 bits per heavy atom. The first kappa shape index (κ1) is 27.8. The van der Waals surface area contributed by atoms with Crippen molar-refractivity contribution in [3.8, 4) is 5.75 Å². The van der Waals surface area contributed by atoms with E-state index in [1.807, 2.05) is 68.1 Å². The number of thioether (sulfide) groups is 1. The SMILES string of the molecule is CCSc1nc2n(n1)C(c1ccc(OCC(=O)N3CCCCC3)cc1)C(C(=O)Nc1cccc(C)c1C)=C(C)N2. The number of aryl methyl sites for hydroxylation is 1. The lowest BCUT2D eigenvalue weighted by atomic mass is 9.94. The Morgan fingerprint density at radius 2 is 1.82 bits per heavy atom. The molecule has 3 aromatic rings. The number of fused-ring (bicyclic) bond motifs is 1. The molecule has 40 heavy (non-hydrogen) atoms. The zero-order chi connectivity index (χ0) is 28.2. The highest BCUT2D eigenvalue weighted by Crippen LogP contribution is 2.37. The van der Waals surface area contributed by atoms with Crippen molar-refractivity contribution in [1.82, 2.24) is 19.7 Å². The molecule has 2 N–H and O–H groups in total. The van der Waals surface area contributed by atoms with E-state index in [1.165, 1.54) is 6.42 Å². The summed E-state index contributed by atoms with van der Waals surface area (Å²) in [5, 5.41) is 11.8. The number of hydrogen-bond acceptors (Lipinski definition) is 7. The summed E-state index contributed by atoms with van der Waals surface area (Å²) in [6.07, 6.45) is 3.27. The summed E-state index contributed by atoms with van der Waals surface area (Å²) in [5.41, 5.74) is 5.04. The van der Waals surface area contributed by atoms with Crippen molar-refractivity contribution in [1.29, 1.82) is 0 Å². The molecule has 2 aromatic carbocycles. The van der Waals surface area contributed by atoms with Crippen molar-refractivity contribution >= 4 is 35.2 Å². The third kappa shape index (κ3) is 5.86. The predicted molar refractivity (Wildman–Crippen MR) is 158 cm³/mol. The number of nitrogens with zero attached hydrogens (tertiary/aromatic N) is 4. The monoisotopic (exact) mass is 560 g/mol. The number of nitrogens with one attached hydrogen (secondary N) is 2. The number of rotatable bonds is 8. The summed E-state index contributed by atoms with van der Waals surface area (Å²) in [7, 11) is 0. The van der Waals surface area contributed by atoms with Gasteiger partial charge in [0.1, 0.15) is 11.8 Å². The number of ether oxygens (including phenoxy) is 1. The minimum Gasteiger partial charge on any atom is -0.484 e. The van der Waals surface area contributed by atoms with Crippen molar-refractivity contribution in [2.45, 2.75) is 58.2 Å². The lowest BCUT2D eigenvalue weighted by Crippen LogP contribution is -2.38. The van der Waals surface area contributed by atoms with Crippen molar-refractivity contribution in [3.63, 3.8) is 0 Å². The second kappa shape index (κ2) is 12.2. The van der Waals surface area contributed by atoms with Gasteiger partial charge >= 0.3 is 0 Å². The van der Waals surface area contributed by atoms with E-state index in [4.69, 9.17) is 9.84 Å². The van der Waals surface area contributed by atoms with Gasteiger partial charge in [0.15, 0.2) is 6.61 Å². The number of amides is 2. The zero-order valence-corrected chi connectivity index (χ0v) is 24.3. The van der Waals surface area contributed by atoms with E-state index in [2.05, 4.69) is 22.5 Å². The van der Waals surface area contributed by atoms with Gasteiger partial charge in [0.25, 0.3) is 11.8 Å². The lowest BCUT2D eigenvalue weighted by Gasteiger charge is -2.29. The first-order chi connectivity index (χ1) is 19.4. The normalized spacial score (nSPS) is 16.8. The fraction of sp³-hybridized carbons (Fsp3) is 0.400. The van der Waals surface area contributed by atoms with Gasteiger partial charge in [0, 0.05) is 24.5 Å². The molecule has 9 nitrogen and oxygen atoms in total. The summed E-state index contributed by atoms with van der Waals surface area (Å²) < 4.78 is 7.61. The maximum Gasteiger partial charge on any atom is 0.260 e. The molecule has 2 amide bonds. The molecule has 2 aliphatic heterocycles. The quantitative estimate of drug-likeness (QED) is 0.359. The van der Waals surface area contributed by atoms with Crippen LogP contribution in [-0.2, 0) is 9.59 Å². The van der Waals surface area contributed by atoms with Gasteiger partial charge in [-0.15, -0.1) is 5.10 Å². The fourth-order valence-corrected chi connectivity index (χ4v) is 5.68. The Morgan fingerprint density at radius 3 is 2.55 bits per heavy atom. The average molecular weight is 561 g/mol. The molecule has 0 bridgehead atoms. The summed E-state index contributed by atoms with van der Waals surface area (Å²) in [6.45, 7) is 9.58. The van der Waals surface area contributed by atoms with Gasteiger partial charge in [-0.1, -0.05) is 43.0 Å². The van der Waals surface area contributed by atoms with Crippen molar-refractivity contribution in [2.75, 3.05) is 36.1 Å². The molecule has 1 unspecified atom stereocenters. The first-order valence-electron chi connectivity index (χ1n) is 13.8. The van der Waals surface area contributed by atoms with Gasteiger partial charge in [-0.05, 0) is 80.7 Å². The van der Waals surface area contributed by atoms with Gasteiger partial charge in [0.05, 0.1) is 5.57 Å². The number of anilines is 2. The standard InChI is InChI=1S/C30H36N6O3S/c1-5-40-30-33-29-31-21(4)26(28(38)32-24-11-9-10-19(2)20(24)3)27(36(29)34-30)22-12-14-23(15-13-22)39-18-25(37)35-16-7-6-8-17-35/h9-15,27H,5-8,16-18H2,1-4H3,(H,32,38)(H,31,33,34). The van der Waals surface area contributed by atoms with Crippen LogP contribution in [0.3, 0.4) is 0 Å². The van der Waals surface area contributed by atoms with Crippen LogP contribution in [0.5, 0.6) is 5.75 Å². The highest BCUT2D eigenvalue weighted by atomic mass is 32.2. The Balaban J connectivity index is 1.41. The number of hydrogen-bond donors (Lipinski definition) is 2. The van der Waals surface area contributed by atoms with E-state index in [9.17, 15) is 9.59 Å². The van der Waals surface area contributed by atoms with Crippen LogP contribution < -0.4 is 15.4 Å². The number of allylic oxidation sites excluding steroid dienone is 1. The summed E-state index contributed by atoms with van der Waals surface area (Å²) in [4.78, 5) is 32.9. The summed E-state index contributed by atoms with van der Waals surface area (Å²) in [5.74, 6) is 1.84. The summed E-state index contributed by atoms with van der Waals surface area (Å²) in [6, 6.07) is 12.9. The Bertz CT molecular complexity index is 1430. The smallest absolute Gasteiger partial charge is 0.260 e. The number of carbonyl (C=O) groups is 2. The number of aromatic nitrogens is 3. The van der Waals surface area contributed by atoms with E-state index in [1.54, 1.807) is 16.4 Å². The van der Waals surface area contributed by atoms with Gasteiger partial charge in [-0.25, -0.2) is 4.68 Å². The van der Waals surface area contributed by atoms with Crippen LogP contribution in [0.25, 0.3) is 0 Å². The number of carbonyl (C=O) groups excluding carboxylic acids is 2. The molecule has 1 atom stereocenters. The van der Waals surface area contributed by atoms with E-state index in [0.29, 0.717) is 28.1 Å². The van der Waals surface area contributed by atoms with Crippen LogP contribution in [0, 0.1) is 13.8 Å². The molecule has 10 heteroatoms. The van der Waals surface area contributed by atoms with Crippen molar-refractivity contribution in [3.05, 3.63) is 70.4 Å². The number of likely N-dealkylation sites (tertiary alicyclic amines) is 1. The third-order valence-corrected chi connectivity index (χ3v) is 8.19. The van der Waals surface area contributed by atoms with E-state index < -0.39 is 6.04 Å². The largest absolute Gasteiger partial charge is 0.484 e. The maximum absolute atomic E-state index is 13.8. The maximum atomic E-state index is 13.8. The van der Waals surface area contributed by atoms with Gasteiger partial charge in [-0.3, -0.25) is 9.59 Å². The second-order valence-electron chi connectivity index (χ2n) is 10.2. The lowest BCUT2D eigenvalue weighted by molar-refractivity contribution is -0.134. The summed E-state index contributed by atoms with van der Waals surface area (Å²) >= 11 is 1.55. The molecule has 1 aromatic heterocycles. The Kier molecular flexibility index (Phi) is 8.44. The molecule has 0 radical (unpaired) electrons. The molecule has 0 saturated carbocycles. The van der Waals surface area contributed by atoms with Crippen molar-refractivity contribution in [2.24, 2.45) is 0 Å². The Hall–Kier alpha value is -3.79. The Labute approximate surface area is 239 Å². The second-order valence-corrected chi connectivity index (χ2v) is 11.4. The molecule has 0 aliphatic carbocycles.